The maximum Gasteiger partial charge on any atom is 0.191 e. The molecule has 168 valence electrons. The van der Waals surface area contributed by atoms with E-state index in [0.717, 1.165) is 58.1 Å². The molecule has 0 aliphatic carbocycles. The van der Waals surface area contributed by atoms with Crippen LogP contribution in [0.3, 0.4) is 0 Å². The van der Waals surface area contributed by atoms with Gasteiger partial charge in [-0.2, -0.15) is 0 Å². The Hall–Kier alpha value is -0.120. The average Bonchev–Trinajstić information content (AvgIpc) is 3.13. The monoisotopic (exact) mass is 513 g/mol. The van der Waals surface area contributed by atoms with E-state index >= 15 is 0 Å². The Kier molecular flexibility index (Phi) is 18.8. The SMILES string of the molecule is CCCCCCCCOCCCNC(=NCC1(CCO)CCOC1)NCC.I. The molecular weight excluding hydrogens is 469 g/mol. The van der Waals surface area contributed by atoms with E-state index in [-0.39, 0.29) is 36.0 Å². The van der Waals surface area contributed by atoms with Gasteiger partial charge in [-0.15, -0.1) is 24.0 Å². The van der Waals surface area contributed by atoms with Gasteiger partial charge in [0, 0.05) is 44.9 Å². The van der Waals surface area contributed by atoms with E-state index in [1.807, 2.05) is 0 Å². The summed E-state index contributed by atoms with van der Waals surface area (Å²) in [6, 6.07) is 0. The van der Waals surface area contributed by atoms with E-state index in [4.69, 9.17) is 14.5 Å². The first-order valence-corrected chi connectivity index (χ1v) is 11.0. The summed E-state index contributed by atoms with van der Waals surface area (Å²) in [5.74, 6) is 0.845. The predicted octanol–water partition coefficient (Wildman–Crippen LogP) is 3.72. The van der Waals surface area contributed by atoms with Crippen LogP contribution in [0, 0.1) is 5.41 Å². The highest BCUT2D eigenvalue weighted by atomic mass is 127. The zero-order valence-electron chi connectivity index (χ0n) is 18.1. The van der Waals surface area contributed by atoms with Crippen LogP contribution in [0.4, 0.5) is 0 Å². The van der Waals surface area contributed by atoms with Crippen LogP contribution in [-0.2, 0) is 9.47 Å². The van der Waals surface area contributed by atoms with Gasteiger partial charge in [0.15, 0.2) is 5.96 Å². The zero-order valence-corrected chi connectivity index (χ0v) is 20.5. The number of guanidine groups is 1. The molecule has 6 nitrogen and oxygen atoms in total. The van der Waals surface area contributed by atoms with E-state index < -0.39 is 0 Å². The van der Waals surface area contributed by atoms with Gasteiger partial charge in [0.25, 0.3) is 0 Å². The predicted molar refractivity (Wildman–Crippen MR) is 128 cm³/mol. The molecule has 0 spiro atoms. The number of aliphatic hydroxyl groups is 1. The number of nitrogens with zero attached hydrogens (tertiary/aromatic N) is 1. The summed E-state index contributed by atoms with van der Waals surface area (Å²) in [5, 5.41) is 16.0. The van der Waals surface area contributed by atoms with Crippen molar-refractivity contribution in [1.29, 1.82) is 0 Å². The fourth-order valence-electron chi connectivity index (χ4n) is 3.34. The number of halogens is 1. The number of aliphatic imine (C=N–C) groups is 1. The molecule has 1 atom stereocenters. The molecule has 1 saturated heterocycles. The lowest BCUT2D eigenvalue weighted by Gasteiger charge is -2.24. The number of nitrogens with one attached hydrogen (secondary N) is 2. The van der Waals surface area contributed by atoms with Gasteiger partial charge in [0.2, 0.25) is 0 Å². The van der Waals surface area contributed by atoms with Gasteiger partial charge in [-0.3, -0.25) is 4.99 Å². The van der Waals surface area contributed by atoms with Crippen molar-refractivity contribution in [3.63, 3.8) is 0 Å². The molecule has 1 unspecified atom stereocenters. The highest BCUT2D eigenvalue weighted by molar-refractivity contribution is 14.0. The molecule has 7 heteroatoms. The van der Waals surface area contributed by atoms with E-state index in [1.54, 1.807) is 0 Å². The molecule has 0 amide bonds. The summed E-state index contributed by atoms with van der Waals surface area (Å²) in [6.07, 6.45) is 10.5. The Bertz CT molecular complexity index is 378. The lowest BCUT2D eigenvalue weighted by Crippen LogP contribution is -2.39. The largest absolute Gasteiger partial charge is 0.396 e. The molecule has 0 saturated carbocycles. The Morgan fingerprint density at radius 1 is 1.07 bits per heavy atom. The lowest BCUT2D eigenvalue weighted by molar-refractivity contribution is 0.128. The van der Waals surface area contributed by atoms with Gasteiger partial charge in [-0.25, -0.2) is 0 Å². The standard InChI is InChI=1S/C21H43N3O3.HI/c1-3-5-6-7-8-9-15-26-16-10-13-23-20(22-4-2)24-18-21(11-14-25)12-17-27-19-21;/h25H,3-19H2,1-2H3,(H2,22,23,24);1H. The normalized spacial score (nSPS) is 19.5. The van der Waals surface area contributed by atoms with Crippen molar-refractivity contribution in [2.45, 2.75) is 71.6 Å². The molecule has 0 aromatic carbocycles. The summed E-state index contributed by atoms with van der Waals surface area (Å²) in [6.45, 7) is 10.0. The maximum atomic E-state index is 9.33. The highest BCUT2D eigenvalue weighted by Crippen LogP contribution is 2.32. The maximum absolute atomic E-state index is 9.33. The lowest BCUT2D eigenvalue weighted by atomic mass is 9.84. The molecule has 1 rings (SSSR count). The van der Waals surface area contributed by atoms with Crippen LogP contribution in [0.25, 0.3) is 0 Å². The van der Waals surface area contributed by atoms with Gasteiger partial charge in [-0.05, 0) is 32.6 Å². The van der Waals surface area contributed by atoms with Crippen molar-refractivity contribution in [2.24, 2.45) is 10.4 Å². The van der Waals surface area contributed by atoms with E-state index in [0.29, 0.717) is 13.2 Å². The van der Waals surface area contributed by atoms with Gasteiger partial charge < -0.3 is 25.2 Å². The fraction of sp³-hybridized carbons (Fsp3) is 0.952. The van der Waals surface area contributed by atoms with Crippen molar-refractivity contribution in [3.8, 4) is 0 Å². The molecule has 1 fully saturated rings. The second-order valence-electron chi connectivity index (χ2n) is 7.63. The zero-order chi connectivity index (χ0) is 19.6. The highest BCUT2D eigenvalue weighted by Gasteiger charge is 2.34. The Morgan fingerprint density at radius 2 is 1.82 bits per heavy atom. The molecule has 3 N–H and O–H groups in total. The van der Waals surface area contributed by atoms with E-state index in [2.05, 4.69) is 24.5 Å². The van der Waals surface area contributed by atoms with Crippen molar-refractivity contribution in [1.82, 2.24) is 10.6 Å². The first kappa shape index (κ1) is 27.9. The van der Waals surface area contributed by atoms with Crippen molar-refractivity contribution in [3.05, 3.63) is 0 Å². The van der Waals surface area contributed by atoms with Crippen LogP contribution in [0.15, 0.2) is 4.99 Å². The van der Waals surface area contributed by atoms with Crippen LogP contribution in [0.1, 0.15) is 71.6 Å². The molecule has 0 bridgehead atoms. The number of unbranched alkanes of at least 4 members (excludes halogenated alkanes) is 5. The minimum Gasteiger partial charge on any atom is -0.396 e. The Balaban J connectivity index is 0.00000729. The van der Waals surface area contributed by atoms with Crippen LogP contribution >= 0.6 is 24.0 Å². The van der Waals surface area contributed by atoms with Crippen LogP contribution in [0.5, 0.6) is 0 Å². The van der Waals surface area contributed by atoms with Crippen LogP contribution in [0.2, 0.25) is 0 Å². The minimum atomic E-state index is -0.00264. The summed E-state index contributed by atoms with van der Waals surface area (Å²) in [4.78, 5) is 4.73. The third-order valence-electron chi connectivity index (χ3n) is 5.14. The third-order valence-corrected chi connectivity index (χ3v) is 5.14. The van der Waals surface area contributed by atoms with Gasteiger partial charge in [0.05, 0.1) is 13.2 Å². The van der Waals surface area contributed by atoms with E-state index in [9.17, 15) is 5.11 Å². The third kappa shape index (κ3) is 13.2. The number of hydrogen-bond donors (Lipinski definition) is 3. The summed E-state index contributed by atoms with van der Waals surface area (Å²) < 4.78 is 11.3. The van der Waals surface area contributed by atoms with Crippen molar-refractivity contribution in [2.75, 3.05) is 52.7 Å². The van der Waals surface area contributed by atoms with Gasteiger partial charge in [-0.1, -0.05) is 39.0 Å². The molecule has 1 aliphatic rings. The second kappa shape index (κ2) is 18.9. The van der Waals surface area contributed by atoms with Gasteiger partial charge in [0.1, 0.15) is 0 Å². The Labute approximate surface area is 189 Å². The number of ether oxygens (including phenoxy) is 2. The molecule has 0 radical (unpaired) electrons. The molecule has 1 aliphatic heterocycles. The number of rotatable bonds is 16. The molecule has 0 aromatic heterocycles. The Morgan fingerprint density at radius 3 is 2.50 bits per heavy atom. The van der Waals surface area contributed by atoms with Crippen LogP contribution in [-0.4, -0.2) is 63.7 Å². The molecule has 28 heavy (non-hydrogen) atoms. The fourth-order valence-corrected chi connectivity index (χ4v) is 3.34. The van der Waals surface area contributed by atoms with Crippen molar-refractivity contribution >= 4 is 29.9 Å². The smallest absolute Gasteiger partial charge is 0.191 e. The summed E-state index contributed by atoms with van der Waals surface area (Å²) in [7, 11) is 0. The van der Waals surface area contributed by atoms with Gasteiger partial charge >= 0.3 is 0 Å². The minimum absolute atomic E-state index is 0. The van der Waals surface area contributed by atoms with E-state index in [1.165, 1.54) is 38.5 Å². The molecule has 0 aromatic rings. The van der Waals surface area contributed by atoms with Crippen LogP contribution < -0.4 is 10.6 Å². The molecular formula is C21H44IN3O3. The summed E-state index contributed by atoms with van der Waals surface area (Å²) >= 11 is 0. The second-order valence-corrected chi connectivity index (χ2v) is 7.63. The molecule has 1 heterocycles. The quantitative estimate of drug-likeness (QED) is 0.127. The number of hydrogen-bond acceptors (Lipinski definition) is 4. The topological polar surface area (TPSA) is 75.1 Å². The first-order valence-electron chi connectivity index (χ1n) is 11.0. The summed E-state index contributed by atoms with van der Waals surface area (Å²) in [5.41, 5.74) is -0.00264. The van der Waals surface area contributed by atoms with Crippen molar-refractivity contribution < 1.29 is 14.6 Å². The number of aliphatic hydroxyl groups excluding tert-OH is 1. The first-order chi connectivity index (χ1) is 13.3. The average molecular weight is 514 g/mol.